The van der Waals surface area contributed by atoms with Crippen molar-refractivity contribution in [1.82, 2.24) is 0 Å². The summed E-state index contributed by atoms with van der Waals surface area (Å²) in [6.45, 7) is 2.11. The highest BCUT2D eigenvalue weighted by atomic mass is 19.1. The predicted octanol–water partition coefficient (Wildman–Crippen LogP) is 4.96. The van der Waals surface area contributed by atoms with Crippen molar-refractivity contribution in [2.45, 2.75) is 25.3 Å². The van der Waals surface area contributed by atoms with Gasteiger partial charge in [0, 0.05) is 17.2 Å². The number of rotatable bonds is 1. The second-order valence-electron chi connectivity index (χ2n) is 6.04. The molecule has 2 aromatic rings. The van der Waals surface area contributed by atoms with Gasteiger partial charge in [0.15, 0.2) is 0 Å². The molecule has 0 amide bonds. The van der Waals surface area contributed by atoms with Crippen molar-refractivity contribution in [1.29, 1.82) is 0 Å². The zero-order chi connectivity index (χ0) is 14.4. The molecule has 2 aliphatic rings. The van der Waals surface area contributed by atoms with Crippen molar-refractivity contribution >= 4 is 5.69 Å². The van der Waals surface area contributed by atoms with Crippen molar-refractivity contribution in [3.05, 3.63) is 77.1 Å². The summed E-state index contributed by atoms with van der Waals surface area (Å²) in [6.07, 6.45) is 5.53. The molecular formula is C19H18FN. The minimum atomic E-state index is -0.113. The highest BCUT2D eigenvalue weighted by Gasteiger charge is 2.39. The maximum Gasteiger partial charge on any atom is 0.128 e. The van der Waals surface area contributed by atoms with Crippen molar-refractivity contribution in [3.8, 4) is 0 Å². The lowest BCUT2D eigenvalue weighted by atomic mass is 9.76. The van der Waals surface area contributed by atoms with Gasteiger partial charge in [-0.1, -0.05) is 48.6 Å². The SMILES string of the molecule is Cc1cccc2c1N[C@H](c1ccccc1F)[C@@H]1CC=C[C@@H]21. The third-order valence-corrected chi connectivity index (χ3v) is 4.85. The van der Waals surface area contributed by atoms with Crippen LogP contribution in [0.15, 0.2) is 54.6 Å². The van der Waals surface area contributed by atoms with Crippen LogP contribution in [0, 0.1) is 18.7 Å². The van der Waals surface area contributed by atoms with Crippen LogP contribution in [0.2, 0.25) is 0 Å². The second-order valence-corrected chi connectivity index (χ2v) is 6.04. The minimum Gasteiger partial charge on any atom is -0.377 e. The van der Waals surface area contributed by atoms with E-state index in [-0.39, 0.29) is 11.9 Å². The summed E-state index contributed by atoms with van der Waals surface area (Å²) in [7, 11) is 0. The molecule has 1 heterocycles. The summed E-state index contributed by atoms with van der Waals surface area (Å²) in [5.74, 6) is 0.680. The van der Waals surface area contributed by atoms with Crippen LogP contribution in [0.3, 0.4) is 0 Å². The van der Waals surface area contributed by atoms with Gasteiger partial charge in [0.1, 0.15) is 5.82 Å². The van der Waals surface area contributed by atoms with Crippen LogP contribution in [0.4, 0.5) is 10.1 Å². The molecule has 2 heteroatoms. The third kappa shape index (κ3) is 1.90. The Morgan fingerprint density at radius 3 is 2.71 bits per heavy atom. The number of halogens is 1. The second kappa shape index (κ2) is 4.73. The summed E-state index contributed by atoms with van der Waals surface area (Å²) in [5.41, 5.74) is 4.54. The van der Waals surface area contributed by atoms with Gasteiger partial charge in [-0.15, -0.1) is 0 Å². The maximum atomic E-state index is 14.2. The molecule has 0 spiro atoms. The van der Waals surface area contributed by atoms with E-state index in [0.717, 1.165) is 12.0 Å². The molecule has 21 heavy (non-hydrogen) atoms. The minimum absolute atomic E-state index is 0.0415. The molecule has 1 aliphatic heterocycles. The van der Waals surface area contributed by atoms with E-state index in [1.165, 1.54) is 16.8 Å². The lowest BCUT2D eigenvalue weighted by Gasteiger charge is -2.38. The Morgan fingerprint density at radius 1 is 1.05 bits per heavy atom. The smallest absolute Gasteiger partial charge is 0.128 e. The molecule has 1 nitrogen and oxygen atoms in total. The highest BCUT2D eigenvalue weighted by molar-refractivity contribution is 5.63. The Kier molecular flexibility index (Phi) is 2.85. The number of hydrogen-bond acceptors (Lipinski definition) is 1. The van der Waals surface area contributed by atoms with Crippen LogP contribution in [0.25, 0.3) is 0 Å². The van der Waals surface area contributed by atoms with Gasteiger partial charge in [0.2, 0.25) is 0 Å². The van der Waals surface area contributed by atoms with Crippen LogP contribution in [-0.2, 0) is 0 Å². The molecule has 0 saturated heterocycles. The zero-order valence-corrected chi connectivity index (χ0v) is 12.0. The largest absolute Gasteiger partial charge is 0.377 e. The van der Waals surface area contributed by atoms with Crippen LogP contribution >= 0.6 is 0 Å². The lowest BCUT2D eigenvalue weighted by molar-refractivity contribution is 0.413. The first-order valence-electron chi connectivity index (χ1n) is 7.53. The fourth-order valence-electron chi connectivity index (χ4n) is 3.81. The molecule has 3 atom stereocenters. The number of anilines is 1. The third-order valence-electron chi connectivity index (χ3n) is 4.85. The Balaban J connectivity index is 1.85. The average Bonchev–Trinajstić information content (AvgIpc) is 2.97. The van der Waals surface area contributed by atoms with Gasteiger partial charge in [0.25, 0.3) is 0 Å². The van der Waals surface area contributed by atoms with Gasteiger partial charge < -0.3 is 5.32 Å². The van der Waals surface area contributed by atoms with Crippen LogP contribution in [0.5, 0.6) is 0 Å². The van der Waals surface area contributed by atoms with E-state index in [1.807, 2.05) is 12.1 Å². The van der Waals surface area contributed by atoms with Gasteiger partial charge in [-0.3, -0.25) is 0 Å². The van der Waals surface area contributed by atoms with Gasteiger partial charge in [-0.25, -0.2) is 4.39 Å². The van der Waals surface area contributed by atoms with Crippen molar-refractivity contribution in [3.63, 3.8) is 0 Å². The fourth-order valence-corrected chi connectivity index (χ4v) is 3.81. The number of aryl methyl sites for hydroxylation is 1. The van der Waals surface area contributed by atoms with E-state index in [4.69, 9.17) is 0 Å². The van der Waals surface area contributed by atoms with E-state index in [1.54, 1.807) is 12.1 Å². The van der Waals surface area contributed by atoms with E-state index >= 15 is 0 Å². The topological polar surface area (TPSA) is 12.0 Å². The quantitative estimate of drug-likeness (QED) is 0.727. The molecule has 0 aromatic heterocycles. The van der Waals surface area contributed by atoms with Gasteiger partial charge >= 0.3 is 0 Å². The Bertz CT molecular complexity index is 719. The molecule has 106 valence electrons. The maximum absolute atomic E-state index is 14.2. The Morgan fingerprint density at radius 2 is 1.86 bits per heavy atom. The summed E-state index contributed by atoms with van der Waals surface area (Å²) >= 11 is 0. The molecule has 0 radical (unpaired) electrons. The molecule has 2 aromatic carbocycles. The highest BCUT2D eigenvalue weighted by Crippen LogP contribution is 2.50. The number of fused-ring (bicyclic) bond motifs is 3. The molecule has 0 unspecified atom stereocenters. The summed E-state index contributed by atoms with van der Waals surface area (Å²) in [6, 6.07) is 13.6. The zero-order valence-electron chi connectivity index (χ0n) is 12.0. The standard InChI is InChI=1S/C19H18FN/c1-12-6-4-9-14-13-8-5-10-15(13)19(21-18(12)14)16-7-2-3-11-17(16)20/h2-9,11,13,15,19,21H,10H2,1H3/t13-,15+,19-/m0/s1. The van der Waals surface area contributed by atoms with Crippen LogP contribution < -0.4 is 5.32 Å². The first-order chi connectivity index (χ1) is 10.3. The number of hydrogen-bond donors (Lipinski definition) is 1. The Hall–Kier alpha value is -2.09. The summed E-state index contributed by atoms with van der Waals surface area (Å²) in [4.78, 5) is 0. The van der Waals surface area contributed by atoms with Crippen molar-refractivity contribution in [2.24, 2.45) is 5.92 Å². The summed E-state index contributed by atoms with van der Waals surface area (Å²) < 4.78 is 14.2. The number of allylic oxidation sites excluding steroid dienone is 2. The Labute approximate surface area is 124 Å². The normalized spacial score (nSPS) is 26.1. The molecule has 0 fully saturated rings. The van der Waals surface area contributed by atoms with Crippen LogP contribution in [0.1, 0.15) is 35.1 Å². The van der Waals surface area contributed by atoms with Crippen molar-refractivity contribution in [2.75, 3.05) is 5.32 Å². The number of benzene rings is 2. The van der Waals surface area contributed by atoms with E-state index in [0.29, 0.717) is 11.8 Å². The molecule has 1 N–H and O–H groups in total. The molecule has 4 rings (SSSR count). The van der Waals surface area contributed by atoms with E-state index in [9.17, 15) is 4.39 Å². The van der Waals surface area contributed by atoms with Crippen LogP contribution in [-0.4, -0.2) is 0 Å². The molecule has 0 saturated carbocycles. The summed E-state index contributed by atoms with van der Waals surface area (Å²) in [5, 5.41) is 3.61. The first kappa shape index (κ1) is 12.6. The van der Waals surface area contributed by atoms with Gasteiger partial charge in [-0.05, 0) is 36.5 Å². The molecular weight excluding hydrogens is 261 g/mol. The predicted molar refractivity (Wildman–Crippen MR) is 83.9 cm³/mol. The first-order valence-corrected chi connectivity index (χ1v) is 7.53. The van der Waals surface area contributed by atoms with Gasteiger partial charge in [0.05, 0.1) is 6.04 Å². The fraction of sp³-hybridized carbons (Fsp3) is 0.263. The monoisotopic (exact) mass is 279 g/mol. The number of nitrogens with one attached hydrogen (secondary N) is 1. The van der Waals surface area contributed by atoms with Gasteiger partial charge in [-0.2, -0.15) is 0 Å². The van der Waals surface area contributed by atoms with Crippen molar-refractivity contribution < 1.29 is 4.39 Å². The lowest BCUT2D eigenvalue weighted by Crippen LogP contribution is -2.30. The molecule has 0 bridgehead atoms. The number of para-hydroxylation sites is 1. The molecule has 1 aliphatic carbocycles. The average molecular weight is 279 g/mol. The van der Waals surface area contributed by atoms with E-state index < -0.39 is 0 Å². The van der Waals surface area contributed by atoms with E-state index in [2.05, 4.69) is 42.6 Å².